The van der Waals surface area contributed by atoms with Crippen molar-refractivity contribution >= 4 is 23.0 Å². The molecule has 1 fully saturated rings. The summed E-state index contributed by atoms with van der Waals surface area (Å²) in [5, 5.41) is 5.62. The normalized spacial score (nSPS) is 23.5. The van der Waals surface area contributed by atoms with E-state index in [1.54, 1.807) is 0 Å². The van der Waals surface area contributed by atoms with Crippen LogP contribution in [-0.2, 0) is 0 Å². The first-order valence-electron chi connectivity index (χ1n) is 6.56. The van der Waals surface area contributed by atoms with Crippen LogP contribution in [0.25, 0.3) is 5.57 Å². The predicted molar refractivity (Wildman–Crippen MR) is 79.0 cm³/mol. The van der Waals surface area contributed by atoms with Crippen molar-refractivity contribution in [1.82, 2.24) is 10.3 Å². The van der Waals surface area contributed by atoms with Crippen molar-refractivity contribution < 1.29 is 0 Å². The summed E-state index contributed by atoms with van der Waals surface area (Å²) in [5.41, 5.74) is 3.87. The number of aromatic nitrogens is 1. The fourth-order valence-electron chi connectivity index (χ4n) is 2.60. The first-order valence-corrected chi connectivity index (χ1v) is 7.61. The standard InChI is InChI=1S/C14H19N3S/c1-15-12-3-6-17(9-12)13-2-5-16-14(8-13)11-4-7-18-10-11/h2,5,8,10,12,15H,3-4,6-7,9H2,1H3. The Morgan fingerprint density at radius 2 is 2.44 bits per heavy atom. The maximum atomic E-state index is 4.51. The van der Waals surface area contributed by atoms with E-state index in [2.05, 4.69) is 32.7 Å². The summed E-state index contributed by atoms with van der Waals surface area (Å²) in [6, 6.07) is 5.00. The van der Waals surface area contributed by atoms with E-state index in [-0.39, 0.29) is 0 Å². The molecule has 0 aliphatic carbocycles. The molecule has 3 heterocycles. The van der Waals surface area contributed by atoms with E-state index in [1.807, 2.05) is 25.0 Å². The van der Waals surface area contributed by atoms with Crippen LogP contribution in [0.5, 0.6) is 0 Å². The van der Waals surface area contributed by atoms with Gasteiger partial charge in [-0.3, -0.25) is 4.98 Å². The predicted octanol–water partition coefficient (Wildman–Crippen LogP) is 2.36. The Bertz CT molecular complexity index is 458. The van der Waals surface area contributed by atoms with Crippen LogP contribution >= 0.6 is 11.8 Å². The van der Waals surface area contributed by atoms with Gasteiger partial charge in [-0.05, 0) is 43.0 Å². The van der Waals surface area contributed by atoms with Crippen molar-refractivity contribution in [1.29, 1.82) is 0 Å². The molecular weight excluding hydrogens is 242 g/mol. The molecule has 4 heteroatoms. The van der Waals surface area contributed by atoms with Crippen LogP contribution in [0.3, 0.4) is 0 Å². The van der Waals surface area contributed by atoms with E-state index in [1.165, 1.54) is 23.4 Å². The summed E-state index contributed by atoms with van der Waals surface area (Å²) >= 11 is 1.89. The van der Waals surface area contributed by atoms with Gasteiger partial charge in [0.05, 0.1) is 5.69 Å². The molecule has 96 valence electrons. The van der Waals surface area contributed by atoms with Gasteiger partial charge in [-0.1, -0.05) is 0 Å². The molecular formula is C14H19N3S. The number of nitrogens with one attached hydrogen (secondary N) is 1. The number of nitrogens with zero attached hydrogens (tertiary/aromatic N) is 2. The zero-order chi connectivity index (χ0) is 12.4. The van der Waals surface area contributed by atoms with Gasteiger partial charge in [-0.15, -0.1) is 11.8 Å². The Balaban J connectivity index is 1.79. The number of allylic oxidation sites excluding steroid dienone is 1. The van der Waals surface area contributed by atoms with Gasteiger partial charge >= 0.3 is 0 Å². The van der Waals surface area contributed by atoms with Gasteiger partial charge in [0.2, 0.25) is 0 Å². The molecule has 0 amide bonds. The van der Waals surface area contributed by atoms with E-state index < -0.39 is 0 Å². The molecule has 1 atom stereocenters. The van der Waals surface area contributed by atoms with Gasteiger partial charge in [-0.2, -0.15) is 0 Å². The van der Waals surface area contributed by atoms with Crippen LogP contribution in [-0.4, -0.2) is 36.9 Å². The van der Waals surface area contributed by atoms with Crippen molar-refractivity contribution in [3.63, 3.8) is 0 Å². The number of pyridine rings is 1. The van der Waals surface area contributed by atoms with Crippen LogP contribution in [0.15, 0.2) is 23.7 Å². The third-order valence-electron chi connectivity index (χ3n) is 3.75. The Labute approximate surface area is 113 Å². The van der Waals surface area contributed by atoms with Crippen LogP contribution in [0.1, 0.15) is 18.5 Å². The molecule has 0 spiro atoms. The molecule has 3 nitrogen and oxygen atoms in total. The lowest BCUT2D eigenvalue weighted by Crippen LogP contribution is -2.29. The smallest absolute Gasteiger partial charge is 0.0687 e. The zero-order valence-corrected chi connectivity index (χ0v) is 11.5. The third kappa shape index (κ3) is 2.40. The van der Waals surface area contributed by atoms with Gasteiger partial charge in [0, 0.05) is 36.8 Å². The number of likely N-dealkylation sites (N-methyl/N-ethyl adjacent to an activating group) is 1. The fraction of sp³-hybridized carbons (Fsp3) is 0.500. The van der Waals surface area contributed by atoms with Gasteiger partial charge in [0.25, 0.3) is 0 Å². The molecule has 1 saturated heterocycles. The second-order valence-electron chi connectivity index (χ2n) is 4.88. The average Bonchev–Trinajstić information content (AvgIpc) is 3.10. The molecule has 0 aromatic carbocycles. The quantitative estimate of drug-likeness (QED) is 0.904. The lowest BCUT2D eigenvalue weighted by molar-refractivity contribution is 0.617. The second-order valence-corrected chi connectivity index (χ2v) is 5.86. The van der Waals surface area contributed by atoms with E-state index in [4.69, 9.17) is 0 Å². The van der Waals surface area contributed by atoms with Gasteiger partial charge in [0.15, 0.2) is 0 Å². The largest absolute Gasteiger partial charge is 0.370 e. The first-order chi connectivity index (χ1) is 8.86. The van der Waals surface area contributed by atoms with E-state index in [9.17, 15) is 0 Å². The minimum absolute atomic E-state index is 0.628. The lowest BCUT2D eigenvalue weighted by atomic mass is 10.1. The maximum Gasteiger partial charge on any atom is 0.0687 e. The molecule has 18 heavy (non-hydrogen) atoms. The fourth-order valence-corrected chi connectivity index (χ4v) is 3.49. The highest BCUT2D eigenvalue weighted by Crippen LogP contribution is 2.31. The zero-order valence-electron chi connectivity index (χ0n) is 10.7. The highest BCUT2D eigenvalue weighted by atomic mass is 32.2. The van der Waals surface area contributed by atoms with Crippen molar-refractivity contribution in [3.05, 3.63) is 29.4 Å². The van der Waals surface area contributed by atoms with Crippen LogP contribution in [0, 0.1) is 0 Å². The van der Waals surface area contributed by atoms with Crippen molar-refractivity contribution in [3.8, 4) is 0 Å². The van der Waals surface area contributed by atoms with Crippen molar-refractivity contribution in [2.45, 2.75) is 18.9 Å². The monoisotopic (exact) mass is 261 g/mol. The Kier molecular flexibility index (Phi) is 3.57. The molecule has 3 rings (SSSR count). The number of anilines is 1. The molecule has 2 aliphatic heterocycles. The van der Waals surface area contributed by atoms with Gasteiger partial charge < -0.3 is 10.2 Å². The van der Waals surface area contributed by atoms with E-state index in [0.29, 0.717) is 6.04 Å². The van der Waals surface area contributed by atoms with Crippen molar-refractivity contribution in [2.24, 2.45) is 0 Å². The minimum Gasteiger partial charge on any atom is -0.370 e. The second kappa shape index (κ2) is 5.33. The van der Waals surface area contributed by atoms with E-state index >= 15 is 0 Å². The minimum atomic E-state index is 0.628. The molecule has 0 saturated carbocycles. The van der Waals surface area contributed by atoms with Crippen molar-refractivity contribution in [2.75, 3.05) is 30.8 Å². The summed E-state index contributed by atoms with van der Waals surface area (Å²) < 4.78 is 0. The summed E-state index contributed by atoms with van der Waals surface area (Å²) in [6.07, 6.45) is 4.33. The molecule has 2 aliphatic rings. The Hall–Kier alpha value is -1.00. The highest BCUT2D eigenvalue weighted by molar-refractivity contribution is 8.02. The summed E-state index contributed by atoms with van der Waals surface area (Å²) in [6.45, 7) is 2.25. The van der Waals surface area contributed by atoms with Gasteiger partial charge in [-0.25, -0.2) is 0 Å². The van der Waals surface area contributed by atoms with Crippen LogP contribution in [0.2, 0.25) is 0 Å². The first kappa shape index (κ1) is 12.1. The Morgan fingerprint density at radius 1 is 1.50 bits per heavy atom. The number of hydrogen-bond donors (Lipinski definition) is 1. The van der Waals surface area contributed by atoms with Crippen LogP contribution < -0.4 is 10.2 Å². The van der Waals surface area contributed by atoms with Crippen LogP contribution in [0.4, 0.5) is 5.69 Å². The molecule has 1 aromatic rings. The third-order valence-corrected chi connectivity index (χ3v) is 4.64. The lowest BCUT2D eigenvalue weighted by Gasteiger charge is -2.19. The topological polar surface area (TPSA) is 28.2 Å². The number of thioether (sulfide) groups is 1. The summed E-state index contributed by atoms with van der Waals surface area (Å²) in [5.74, 6) is 1.20. The molecule has 1 N–H and O–H groups in total. The SMILES string of the molecule is CNC1CCN(c2ccnc(C3=CSCC3)c2)C1. The Morgan fingerprint density at radius 3 is 3.17 bits per heavy atom. The molecule has 1 unspecified atom stereocenters. The highest BCUT2D eigenvalue weighted by Gasteiger charge is 2.21. The molecule has 1 aromatic heterocycles. The van der Waals surface area contributed by atoms with E-state index in [0.717, 1.165) is 25.2 Å². The number of hydrogen-bond acceptors (Lipinski definition) is 4. The summed E-state index contributed by atoms with van der Waals surface area (Å²) in [4.78, 5) is 6.96. The summed E-state index contributed by atoms with van der Waals surface area (Å²) in [7, 11) is 2.05. The molecule has 0 bridgehead atoms. The molecule has 0 radical (unpaired) electrons. The van der Waals surface area contributed by atoms with Gasteiger partial charge in [0.1, 0.15) is 0 Å². The number of rotatable bonds is 3. The maximum absolute atomic E-state index is 4.51. The average molecular weight is 261 g/mol.